The Morgan fingerprint density at radius 1 is 0.949 bits per heavy atom. The van der Waals surface area contributed by atoms with Crippen LogP contribution in [-0.2, 0) is 15.1 Å². The first-order chi connectivity index (χ1) is 18.7. The van der Waals surface area contributed by atoms with E-state index in [1.54, 1.807) is 34.9 Å². The van der Waals surface area contributed by atoms with E-state index in [1.165, 1.54) is 4.90 Å². The molecule has 0 saturated carbocycles. The molecule has 3 aromatic carbocycles. The van der Waals surface area contributed by atoms with E-state index in [0.717, 1.165) is 5.56 Å². The first kappa shape index (κ1) is 24.5. The molecule has 2 amide bonds. The summed E-state index contributed by atoms with van der Waals surface area (Å²) in [6.07, 6.45) is 0.664. The summed E-state index contributed by atoms with van der Waals surface area (Å²) in [6.45, 7) is 4.18. The lowest BCUT2D eigenvalue weighted by atomic mass is 9.75. The molecule has 1 N–H and O–H groups in total. The fraction of sp³-hybridized carbons (Fsp3) is 0.267. The minimum Gasteiger partial charge on any atom is -0.297 e. The molecule has 4 atom stereocenters. The van der Waals surface area contributed by atoms with Crippen LogP contribution in [-0.4, -0.2) is 27.4 Å². The maximum atomic E-state index is 14.4. The number of para-hydroxylation sites is 2. The van der Waals surface area contributed by atoms with Crippen molar-refractivity contribution in [1.29, 1.82) is 0 Å². The van der Waals surface area contributed by atoms with Crippen LogP contribution in [0, 0.1) is 17.8 Å². The second kappa shape index (κ2) is 8.49. The van der Waals surface area contributed by atoms with E-state index >= 15 is 0 Å². The fourth-order valence-corrected chi connectivity index (χ4v) is 7.10. The summed E-state index contributed by atoms with van der Waals surface area (Å²) in [4.78, 5) is 48.7. The average Bonchev–Trinajstić information content (AvgIpc) is 3.49. The maximum absolute atomic E-state index is 14.4. The molecule has 2 saturated heterocycles. The van der Waals surface area contributed by atoms with Gasteiger partial charge in [-0.05, 0) is 48.7 Å². The van der Waals surface area contributed by atoms with Gasteiger partial charge in [-0.2, -0.15) is 0 Å². The van der Waals surface area contributed by atoms with Crippen molar-refractivity contribution in [2.45, 2.75) is 31.8 Å². The third-order valence-electron chi connectivity index (χ3n) is 8.25. The number of anilines is 1. The summed E-state index contributed by atoms with van der Waals surface area (Å²) in [5, 5.41) is 4.81. The van der Waals surface area contributed by atoms with Gasteiger partial charge in [-0.3, -0.25) is 24.3 Å². The van der Waals surface area contributed by atoms with Gasteiger partial charge in [0.25, 0.3) is 5.56 Å². The molecular formula is C30H24Cl2N4O3. The van der Waals surface area contributed by atoms with Gasteiger partial charge < -0.3 is 0 Å². The third kappa shape index (κ3) is 3.21. The SMILES string of the molecule is CC(C)C[C@@H]1N[C@]2(c3ccccc3-n3c2nc2ccccc2c3=O)[C@H]2C(=O)N(c3ccc(Cl)c(Cl)c3)C(=O)[C@@H]12. The Kier molecular flexibility index (Phi) is 5.34. The van der Waals surface area contributed by atoms with Crippen molar-refractivity contribution in [3.63, 3.8) is 0 Å². The second-order valence-corrected chi connectivity index (χ2v) is 11.7. The lowest BCUT2D eigenvalue weighted by Gasteiger charge is -2.32. The summed E-state index contributed by atoms with van der Waals surface area (Å²) in [6, 6.07) is 19.2. The Morgan fingerprint density at radius 2 is 1.69 bits per heavy atom. The third-order valence-corrected chi connectivity index (χ3v) is 8.99. The van der Waals surface area contributed by atoms with E-state index in [-0.39, 0.29) is 34.4 Å². The van der Waals surface area contributed by atoms with Gasteiger partial charge in [0, 0.05) is 11.6 Å². The van der Waals surface area contributed by atoms with Gasteiger partial charge in [0.1, 0.15) is 11.4 Å². The molecule has 1 aromatic heterocycles. The molecule has 2 fully saturated rings. The fourth-order valence-electron chi connectivity index (χ4n) is 6.81. The first-order valence-corrected chi connectivity index (χ1v) is 13.7. The van der Waals surface area contributed by atoms with Gasteiger partial charge in [-0.25, -0.2) is 9.88 Å². The standard InChI is InChI=1S/C30H24Cl2N4O3/c1-15(2)13-22-24-25(28(39)35(27(24)38)16-11-12-19(31)20(32)14-16)30(34-22)18-8-4-6-10-23(18)36-26(37)17-7-3-5-9-21(17)33-29(30)36/h3-12,14-15,22,24-25,34H,13H2,1-2H3/t22-,24-,25+,30+/m0/s1. The van der Waals surface area contributed by atoms with Crippen LogP contribution >= 0.6 is 23.2 Å². The van der Waals surface area contributed by atoms with Crippen LogP contribution in [0.15, 0.2) is 71.5 Å². The van der Waals surface area contributed by atoms with Crippen LogP contribution < -0.4 is 15.8 Å². The number of benzene rings is 3. The molecule has 9 heteroatoms. The van der Waals surface area contributed by atoms with Crippen LogP contribution in [0.1, 0.15) is 31.7 Å². The van der Waals surface area contributed by atoms with Crippen LogP contribution in [0.3, 0.4) is 0 Å². The Morgan fingerprint density at radius 3 is 2.46 bits per heavy atom. The molecule has 0 aliphatic carbocycles. The van der Waals surface area contributed by atoms with Crippen molar-refractivity contribution in [2.24, 2.45) is 17.8 Å². The van der Waals surface area contributed by atoms with Gasteiger partial charge in [-0.15, -0.1) is 0 Å². The Balaban J connectivity index is 1.51. The van der Waals surface area contributed by atoms with E-state index in [4.69, 9.17) is 28.2 Å². The van der Waals surface area contributed by atoms with Crippen molar-refractivity contribution >= 4 is 51.6 Å². The molecule has 3 aliphatic rings. The highest BCUT2D eigenvalue weighted by atomic mass is 35.5. The lowest BCUT2D eigenvalue weighted by molar-refractivity contribution is -0.123. The van der Waals surface area contributed by atoms with Gasteiger partial charge in [0.2, 0.25) is 11.8 Å². The largest absolute Gasteiger partial charge is 0.297 e. The summed E-state index contributed by atoms with van der Waals surface area (Å²) in [7, 11) is 0. The van der Waals surface area contributed by atoms with E-state index in [1.807, 2.05) is 36.4 Å². The molecule has 3 aliphatic heterocycles. The number of nitrogens with zero attached hydrogens (tertiary/aromatic N) is 3. The minimum atomic E-state index is -1.16. The maximum Gasteiger partial charge on any atom is 0.266 e. The quantitative estimate of drug-likeness (QED) is 0.355. The normalized spacial score (nSPS) is 25.2. The van der Waals surface area contributed by atoms with Gasteiger partial charge in [0.05, 0.1) is 44.2 Å². The monoisotopic (exact) mass is 558 g/mol. The highest BCUT2D eigenvalue weighted by Crippen LogP contribution is 2.56. The zero-order chi connectivity index (χ0) is 27.2. The van der Waals surface area contributed by atoms with Crippen LogP contribution in [0.2, 0.25) is 10.0 Å². The Bertz CT molecular complexity index is 1780. The van der Waals surface area contributed by atoms with Gasteiger partial charge in [0.15, 0.2) is 0 Å². The van der Waals surface area contributed by atoms with Crippen molar-refractivity contribution in [3.05, 3.63) is 98.5 Å². The van der Waals surface area contributed by atoms with Crippen molar-refractivity contribution < 1.29 is 9.59 Å². The van der Waals surface area contributed by atoms with E-state index < -0.39 is 17.4 Å². The minimum absolute atomic E-state index is 0.205. The zero-order valence-electron chi connectivity index (χ0n) is 21.2. The van der Waals surface area contributed by atoms with Crippen LogP contribution in [0.25, 0.3) is 16.6 Å². The van der Waals surface area contributed by atoms with E-state index in [2.05, 4.69) is 19.2 Å². The summed E-state index contributed by atoms with van der Waals surface area (Å²) < 4.78 is 1.61. The number of halogens is 2. The molecule has 0 unspecified atom stereocenters. The molecule has 0 radical (unpaired) electrons. The number of aromatic nitrogens is 2. The summed E-state index contributed by atoms with van der Waals surface area (Å²) >= 11 is 12.4. The number of nitrogens with one attached hydrogen (secondary N) is 1. The number of carbonyl (C=O) groups excluding carboxylic acids is 2. The van der Waals surface area contributed by atoms with Gasteiger partial charge >= 0.3 is 0 Å². The number of hydrogen-bond acceptors (Lipinski definition) is 5. The van der Waals surface area contributed by atoms with Crippen molar-refractivity contribution in [2.75, 3.05) is 4.90 Å². The van der Waals surface area contributed by atoms with E-state index in [0.29, 0.717) is 39.5 Å². The molecule has 196 valence electrons. The molecule has 4 heterocycles. The molecular weight excluding hydrogens is 535 g/mol. The predicted molar refractivity (Wildman–Crippen MR) is 150 cm³/mol. The highest BCUT2D eigenvalue weighted by molar-refractivity contribution is 6.42. The van der Waals surface area contributed by atoms with Gasteiger partial charge in [-0.1, -0.05) is 67.4 Å². The van der Waals surface area contributed by atoms with Crippen LogP contribution in [0.5, 0.6) is 0 Å². The molecule has 7 rings (SSSR count). The van der Waals surface area contributed by atoms with Crippen molar-refractivity contribution in [3.8, 4) is 5.69 Å². The number of rotatable bonds is 3. The van der Waals surface area contributed by atoms with Crippen molar-refractivity contribution in [1.82, 2.24) is 14.9 Å². The zero-order valence-corrected chi connectivity index (χ0v) is 22.7. The smallest absolute Gasteiger partial charge is 0.266 e. The Labute approximate surface area is 234 Å². The molecule has 39 heavy (non-hydrogen) atoms. The number of amides is 2. The summed E-state index contributed by atoms with van der Waals surface area (Å²) in [5.41, 5.74) is 0.987. The van der Waals surface area contributed by atoms with Crippen LogP contribution in [0.4, 0.5) is 5.69 Å². The lowest BCUT2D eigenvalue weighted by Crippen LogP contribution is -2.50. The molecule has 0 bridgehead atoms. The second-order valence-electron chi connectivity index (χ2n) is 10.9. The average molecular weight is 559 g/mol. The first-order valence-electron chi connectivity index (χ1n) is 13.0. The number of imide groups is 1. The molecule has 1 spiro atoms. The summed E-state index contributed by atoms with van der Waals surface area (Å²) in [5.74, 6) is -1.43. The topological polar surface area (TPSA) is 84.3 Å². The Hall–Kier alpha value is -3.52. The molecule has 4 aromatic rings. The van der Waals surface area contributed by atoms with E-state index in [9.17, 15) is 14.4 Å². The molecule has 7 nitrogen and oxygen atoms in total. The number of fused-ring (bicyclic) bond motifs is 8. The predicted octanol–water partition coefficient (Wildman–Crippen LogP) is 5.07. The number of hydrogen-bond donors (Lipinski definition) is 1. The number of carbonyl (C=O) groups is 2. The highest BCUT2D eigenvalue weighted by Gasteiger charge is 2.69.